The summed E-state index contributed by atoms with van der Waals surface area (Å²) in [6.07, 6.45) is 1.88. The van der Waals surface area contributed by atoms with Crippen molar-refractivity contribution in [3.63, 3.8) is 0 Å². The number of nitrogens with one attached hydrogen (secondary N) is 1. The van der Waals surface area contributed by atoms with Gasteiger partial charge in [0.2, 0.25) is 0 Å². The summed E-state index contributed by atoms with van der Waals surface area (Å²) >= 11 is 7.93. The molecule has 1 N–H and O–H groups in total. The van der Waals surface area contributed by atoms with Gasteiger partial charge in [-0.1, -0.05) is 17.7 Å². The molecule has 1 aliphatic rings. The predicted octanol–water partition coefficient (Wildman–Crippen LogP) is 3.12. The van der Waals surface area contributed by atoms with Gasteiger partial charge in [-0.3, -0.25) is 0 Å². The van der Waals surface area contributed by atoms with Gasteiger partial charge in [0, 0.05) is 22.4 Å². The van der Waals surface area contributed by atoms with Crippen LogP contribution < -0.4 is 5.32 Å². The highest BCUT2D eigenvalue weighted by molar-refractivity contribution is 7.99. The van der Waals surface area contributed by atoms with E-state index in [0.29, 0.717) is 23.0 Å². The van der Waals surface area contributed by atoms with Crippen molar-refractivity contribution < 1.29 is 4.39 Å². The van der Waals surface area contributed by atoms with Crippen LogP contribution in [-0.2, 0) is 6.42 Å². The van der Waals surface area contributed by atoms with Crippen LogP contribution in [0.5, 0.6) is 0 Å². The van der Waals surface area contributed by atoms with Gasteiger partial charge in [0.15, 0.2) is 0 Å². The van der Waals surface area contributed by atoms with Gasteiger partial charge < -0.3 is 5.32 Å². The van der Waals surface area contributed by atoms with E-state index < -0.39 is 0 Å². The highest BCUT2D eigenvalue weighted by atomic mass is 35.5. The summed E-state index contributed by atoms with van der Waals surface area (Å²) in [5.74, 6) is 2.21. The van der Waals surface area contributed by atoms with Crippen LogP contribution in [0.25, 0.3) is 0 Å². The Morgan fingerprint density at radius 3 is 3.06 bits per heavy atom. The molecular weight excluding hydrogens is 245 g/mol. The van der Waals surface area contributed by atoms with Crippen LogP contribution in [0.1, 0.15) is 12.0 Å². The standard InChI is InChI=1S/C12H15ClFNS/c13-11-2-1-3-12(14)10(11)4-6-15-9-5-7-16-8-9/h1-3,9,15H,4-8H2. The van der Waals surface area contributed by atoms with Gasteiger partial charge in [-0.05, 0) is 37.3 Å². The first kappa shape index (κ1) is 12.2. The van der Waals surface area contributed by atoms with E-state index in [0.717, 1.165) is 6.54 Å². The molecule has 1 nitrogen and oxygen atoms in total. The lowest BCUT2D eigenvalue weighted by atomic mass is 10.1. The minimum Gasteiger partial charge on any atom is -0.313 e. The van der Waals surface area contributed by atoms with Gasteiger partial charge in [0.05, 0.1) is 0 Å². The lowest BCUT2D eigenvalue weighted by molar-refractivity contribution is 0.548. The van der Waals surface area contributed by atoms with Gasteiger partial charge in [-0.25, -0.2) is 4.39 Å². The molecule has 1 fully saturated rings. The Morgan fingerprint density at radius 1 is 1.50 bits per heavy atom. The first-order valence-corrected chi connectivity index (χ1v) is 7.04. The highest BCUT2D eigenvalue weighted by Crippen LogP contribution is 2.20. The second-order valence-electron chi connectivity index (χ2n) is 3.96. The zero-order chi connectivity index (χ0) is 11.4. The molecule has 1 atom stereocenters. The van der Waals surface area contributed by atoms with Crippen molar-refractivity contribution in [3.8, 4) is 0 Å². The van der Waals surface area contributed by atoms with Crippen LogP contribution in [-0.4, -0.2) is 24.1 Å². The smallest absolute Gasteiger partial charge is 0.127 e. The molecule has 4 heteroatoms. The van der Waals surface area contributed by atoms with Gasteiger partial charge in [-0.2, -0.15) is 11.8 Å². The Morgan fingerprint density at radius 2 is 2.38 bits per heavy atom. The Balaban J connectivity index is 1.84. The van der Waals surface area contributed by atoms with Crippen LogP contribution in [0.2, 0.25) is 5.02 Å². The SMILES string of the molecule is Fc1cccc(Cl)c1CCNC1CCSC1. The number of thioether (sulfide) groups is 1. The fraction of sp³-hybridized carbons (Fsp3) is 0.500. The van der Waals surface area contributed by atoms with Crippen molar-refractivity contribution in [2.24, 2.45) is 0 Å². The number of benzene rings is 1. The van der Waals surface area contributed by atoms with E-state index in [1.807, 2.05) is 11.8 Å². The van der Waals surface area contributed by atoms with Gasteiger partial charge in [0.25, 0.3) is 0 Å². The normalized spacial score (nSPS) is 20.2. The van der Waals surface area contributed by atoms with E-state index in [4.69, 9.17) is 11.6 Å². The third kappa shape index (κ3) is 3.12. The second kappa shape index (κ2) is 5.89. The van der Waals surface area contributed by atoms with E-state index in [1.165, 1.54) is 24.0 Å². The predicted molar refractivity (Wildman–Crippen MR) is 68.8 cm³/mol. The van der Waals surface area contributed by atoms with Gasteiger partial charge in [0.1, 0.15) is 5.82 Å². The molecule has 1 aromatic carbocycles. The molecule has 1 aliphatic heterocycles. The molecule has 2 rings (SSSR count). The van der Waals surface area contributed by atoms with Crippen LogP contribution in [0.4, 0.5) is 4.39 Å². The summed E-state index contributed by atoms with van der Waals surface area (Å²) in [4.78, 5) is 0. The average molecular weight is 260 g/mol. The number of halogens is 2. The number of rotatable bonds is 4. The quantitative estimate of drug-likeness (QED) is 0.892. The van der Waals surface area contributed by atoms with Gasteiger partial charge in [-0.15, -0.1) is 0 Å². The molecule has 0 radical (unpaired) electrons. The van der Waals surface area contributed by atoms with Crippen molar-refractivity contribution in [1.29, 1.82) is 0 Å². The van der Waals surface area contributed by atoms with E-state index >= 15 is 0 Å². The topological polar surface area (TPSA) is 12.0 Å². The minimum atomic E-state index is -0.199. The molecule has 1 unspecified atom stereocenters. The second-order valence-corrected chi connectivity index (χ2v) is 5.52. The van der Waals surface area contributed by atoms with Crippen molar-refractivity contribution in [3.05, 3.63) is 34.6 Å². The van der Waals surface area contributed by atoms with E-state index in [1.54, 1.807) is 12.1 Å². The zero-order valence-corrected chi connectivity index (χ0v) is 10.6. The summed E-state index contributed by atoms with van der Waals surface area (Å²) in [5.41, 5.74) is 0.627. The molecule has 1 saturated heterocycles. The van der Waals surface area contributed by atoms with E-state index in [2.05, 4.69) is 5.32 Å². The molecule has 16 heavy (non-hydrogen) atoms. The molecule has 0 amide bonds. The minimum absolute atomic E-state index is 0.199. The van der Waals surface area contributed by atoms with E-state index in [-0.39, 0.29) is 5.82 Å². The Bertz CT molecular complexity index is 333. The third-order valence-corrected chi connectivity index (χ3v) is 4.32. The maximum atomic E-state index is 13.4. The van der Waals surface area contributed by atoms with Crippen molar-refractivity contribution >= 4 is 23.4 Å². The van der Waals surface area contributed by atoms with Gasteiger partial charge >= 0.3 is 0 Å². The molecular formula is C12H15ClFNS. The molecule has 88 valence electrons. The average Bonchev–Trinajstić information content (AvgIpc) is 2.75. The monoisotopic (exact) mass is 259 g/mol. The first-order valence-electron chi connectivity index (χ1n) is 5.51. The third-order valence-electron chi connectivity index (χ3n) is 2.80. The van der Waals surface area contributed by atoms with Crippen LogP contribution in [0.15, 0.2) is 18.2 Å². The van der Waals surface area contributed by atoms with Crippen molar-refractivity contribution in [2.45, 2.75) is 18.9 Å². The molecule has 0 bridgehead atoms. The molecule has 0 spiro atoms. The Hall–Kier alpha value is -0.250. The maximum Gasteiger partial charge on any atom is 0.127 e. The highest BCUT2D eigenvalue weighted by Gasteiger charge is 2.14. The van der Waals surface area contributed by atoms with Crippen LogP contribution >= 0.6 is 23.4 Å². The van der Waals surface area contributed by atoms with Crippen LogP contribution in [0.3, 0.4) is 0 Å². The lowest BCUT2D eigenvalue weighted by Crippen LogP contribution is -2.30. The molecule has 0 saturated carbocycles. The maximum absolute atomic E-state index is 13.4. The first-order chi connectivity index (χ1) is 7.77. The molecule has 1 heterocycles. The summed E-state index contributed by atoms with van der Waals surface area (Å²) in [7, 11) is 0. The van der Waals surface area contributed by atoms with Crippen molar-refractivity contribution in [2.75, 3.05) is 18.1 Å². The lowest BCUT2D eigenvalue weighted by Gasteiger charge is -2.11. The van der Waals surface area contributed by atoms with Crippen LogP contribution in [0, 0.1) is 5.82 Å². The Labute approximate surface area is 105 Å². The fourth-order valence-corrected chi connectivity index (χ4v) is 3.31. The summed E-state index contributed by atoms with van der Waals surface area (Å²) in [6, 6.07) is 5.44. The largest absolute Gasteiger partial charge is 0.313 e. The molecule has 1 aromatic rings. The molecule has 0 aliphatic carbocycles. The number of hydrogen-bond acceptors (Lipinski definition) is 2. The summed E-state index contributed by atoms with van der Waals surface area (Å²) < 4.78 is 13.4. The molecule has 0 aromatic heterocycles. The summed E-state index contributed by atoms with van der Waals surface area (Å²) in [5, 5.41) is 3.97. The number of hydrogen-bond donors (Lipinski definition) is 1. The summed E-state index contributed by atoms with van der Waals surface area (Å²) in [6.45, 7) is 0.797. The zero-order valence-electron chi connectivity index (χ0n) is 9.01. The Kier molecular flexibility index (Phi) is 4.50. The fourth-order valence-electron chi connectivity index (χ4n) is 1.87. The van der Waals surface area contributed by atoms with Crippen molar-refractivity contribution in [1.82, 2.24) is 5.32 Å². The van der Waals surface area contributed by atoms with E-state index in [9.17, 15) is 4.39 Å².